The molecule has 0 fully saturated rings. The Hall–Kier alpha value is -3.04. The molecule has 1 aromatic carbocycles. The molecule has 0 aliphatic rings. The van der Waals surface area contributed by atoms with Crippen LogP contribution in [0.1, 0.15) is 5.82 Å². The van der Waals surface area contributed by atoms with Crippen molar-refractivity contribution in [3.63, 3.8) is 0 Å². The normalized spacial score (nSPS) is 11.2. The molecule has 1 heterocycles. The van der Waals surface area contributed by atoms with E-state index in [-0.39, 0.29) is 19.0 Å². The maximum atomic E-state index is 5.69. The van der Waals surface area contributed by atoms with Crippen LogP contribution in [0.15, 0.2) is 23.3 Å². The second kappa shape index (κ2) is 6.93. The molecule has 21 heavy (non-hydrogen) atoms. The molecule has 0 aliphatic carbocycles. The molecule has 0 saturated carbocycles. The number of hydrazone groups is 1. The first-order chi connectivity index (χ1) is 10.2. The standard InChI is InChI=1S/C11H16N8O2/c1-14-7-3-2-4-8(20-5-9(12)15-13)11(7)21-6-10-16-18-19-17-10/h2-4,14H,5-6,13H2,1H3,(H2,12,15)(H,16,17,18,19). The fraction of sp³-hybridized carbons (Fsp3) is 0.273. The molecule has 0 spiro atoms. The second-order valence-corrected chi connectivity index (χ2v) is 3.91. The summed E-state index contributed by atoms with van der Waals surface area (Å²) in [4.78, 5) is 0. The summed E-state index contributed by atoms with van der Waals surface area (Å²) in [5, 5.41) is 19.8. The predicted octanol–water partition coefficient (Wildman–Crippen LogP) is -0.570. The molecule has 0 radical (unpaired) electrons. The van der Waals surface area contributed by atoms with E-state index >= 15 is 0 Å². The van der Waals surface area contributed by atoms with Gasteiger partial charge < -0.3 is 26.4 Å². The van der Waals surface area contributed by atoms with Gasteiger partial charge in [0.05, 0.1) is 5.69 Å². The molecule has 0 saturated heterocycles. The summed E-state index contributed by atoms with van der Waals surface area (Å²) in [5.74, 6) is 6.67. The first kappa shape index (κ1) is 14.4. The van der Waals surface area contributed by atoms with Crippen LogP contribution >= 0.6 is 0 Å². The highest BCUT2D eigenvalue weighted by Crippen LogP contribution is 2.35. The lowest BCUT2D eigenvalue weighted by molar-refractivity contribution is 0.272. The number of hydrogen-bond acceptors (Lipinski definition) is 8. The number of nitrogens with zero attached hydrogens (tertiary/aromatic N) is 4. The Balaban J connectivity index is 2.15. The molecule has 1 aromatic heterocycles. The summed E-state index contributed by atoms with van der Waals surface area (Å²) in [6.07, 6.45) is 0. The number of tetrazole rings is 1. The third-order valence-corrected chi connectivity index (χ3v) is 2.52. The van der Waals surface area contributed by atoms with Crippen LogP contribution in [0.4, 0.5) is 5.69 Å². The van der Waals surface area contributed by atoms with Gasteiger partial charge in [-0.3, -0.25) is 0 Å². The smallest absolute Gasteiger partial charge is 0.211 e. The second-order valence-electron chi connectivity index (χ2n) is 3.91. The number of nitrogens with one attached hydrogen (secondary N) is 2. The van der Waals surface area contributed by atoms with Gasteiger partial charge in [-0.1, -0.05) is 11.3 Å². The highest BCUT2D eigenvalue weighted by atomic mass is 16.5. The Labute approximate surface area is 120 Å². The van der Waals surface area contributed by atoms with Crippen molar-refractivity contribution < 1.29 is 9.47 Å². The molecule has 2 aromatic rings. The number of hydrogen-bond donors (Lipinski definition) is 4. The average molecular weight is 292 g/mol. The van der Waals surface area contributed by atoms with E-state index in [1.54, 1.807) is 13.1 Å². The van der Waals surface area contributed by atoms with Gasteiger partial charge >= 0.3 is 0 Å². The molecule has 10 heteroatoms. The molecule has 0 bridgehead atoms. The van der Waals surface area contributed by atoms with Gasteiger partial charge in [0.1, 0.15) is 6.61 Å². The topological polar surface area (TPSA) is 149 Å². The first-order valence-corrected chi connectivity index (χ1v) is 6.05. The number of para-hydroxylation sites is 1. The number of H-pyrrole nitrogens is 1. The Bertz CT molecular complexity index is 598. The van der Waals surface area contributed by atoms with Crippen molar-refractivity contribution in [1.29, 1.82) is 0 Å². The van der Waals surface area contributed by atoms with E-state index in [0.29, 0.717) is 17.3 Å². The van der Waals surface area contributed by atoms with Crippen LogP contribution in [0.25, 0.3) is 0 Å². The zero-order valence-electron chi connectivity index (χ0n) is 11.4. The van der Waals surface area contributed by atoms with Crippen molar-refractivity contribution in [3.05, 3.63) is 24.0 Å². The lowest BCUT2D eigenvalue weighted by atomic mass is 10.2. The largest absolute Gasteiger partial charge is 0.482 e. The van der Waals surface area contributed by atoms with E-state index in [9.17, 15) is 0 Å². The van der Waals surface area contributed by atoms with E-state index in [2.05, 4.69) is 31.0 Å². The lowest BCUT2D eigenvalue weighted by Crippen LogP contribution is -2.22. The number of amidine groups is 1. The molecule has 0 amide bonds. The van der Waals surface area contributed by atoms with Crippen molar-refractivity contribution in [2.24, 2.45) is 16.7 Å². The van der Waals surface area contributed by atoms with Crippen LogP contribution < -0.4 is 26.4 Å². The monoisotopic (exact) mass is 292 g/mol. The minimum Gasteiger partial charge on any atom is -0.482 e. The molecule has 112 valence electrons. The van der Waals surface area contributed by atoms with Gasteiger partial charge in [0, 0.05) is 7.05 Å². The number of ether oxygens (including phenoxy) is 2. The van der Waals surface area contributed by atoms with E-state index in [0.717, 1.165) is 5.69 Å². The van der Waals surface area contributed by atoms with Crippen LogP contribution in [0, 0.1) is 0 Å². The van der Waals surface area contributed by atoms with Gasteiger partial charge in [0.25, 0.3) is 0 Å². The predicted molar refractivity (Wildman–Crippen MR) is 75.8 cm³/mol. The van der Waals surface area contributed by atoms with Gasteiger partial charge in [-0.15, -0.1) is 10.2 Å². The Morgan fingerprint density at radius 1 is 1.43 bits per heavy atom. The number of benzene rings is 1. The number of nitrogens with two attached hydrogens (primary N) is 2. The summed E-state index contributed by atoms with van der Waals surface area (Å²) >= 11 is 0. The third kappa shape index (κ3) is 3.72. The van der Waals surface area contributed by atoms with Crippen molar-refractivity contribution >= 4 is 11.5 Å². The fourth-order valence-electron chi connectivity index (χ4n) is 1.54. The fourth-order valence-corrected chi connectivity index (χ4v) is 1.54. The Morgan fingerprint density at radius 3 is 2.95 bits per heavy atom. The average Bonchev–Trinajstić information content (AvgIpc) is 3.03. The number of anilines is 1. The van der Waals surface area contributed by atoms with Gasteiger partial charge in [-0.25, -0.2) is 0 Å². The van der Waals surface area contributed by atoms with Gasteiger partial charge in [0.15, 0.2) is 23.9 Å². The third-order valence-electron chi connectivity index (χ3n) is 2.52. The van der Waals surface area contributed by atoms with Crippen molar-refractivity contribution in [2.45, 2.75) is 6.61 Å². The minimum atomic E-state index is 0.0578. The van der Waals surface area contributed by atoms with Gasteiger partial charge in [0.2, 0.25) is 5.82 Å². The summed E-state index contributed by atoms with van der Waals surface area (Å²) in [6, 6.07) is 5.41. The summed E-state index contributed by atoms with van der Waals surface area (Å²) < 4.78 is 11.2. The van der Waals surface area contributed by atoms with E-state index in [1.807, 2.05) is 12.1 Å². The van der Waals surface area contributed by atoms with Crippen LogP contribution in [0.5, 0.6) is 11.5 Å². The van der Waals surface area contributed by atoms with Crippen LogP contribution in [-0.4, -0.2) is 40.1 Å². The SMILES string of the molecule is CNc1cccc(OCC(N)=NN)c1OCc1nn[nH]n1. The number of aromatic amines is 1. The highest BCUT2D eigenvalue weighted by Gasteiger charge is 2.12. The molecule has 2 rings (SSSR count). The molecule has 0 aliphatic heterocycles. The maximum absolute atomic E-state index is 5.69. The molecule has 10 nitrogen and oxygen atoms in total. The molecule has 6 N–H and O–H groups in total. The zero-order valence-corrected chi connectivity index (χ0v) is 11.4. The van der Waals surface area contributed by atoms with Gasteiger partial charge in [-0.05, 0) is 12.1 Å². The van der Waals surface area contributed by atoms with Crippen molar-refractivity contribution in [2.75, 3.05) is 19.0 Å². The van der Waals surface area contributed by atoms with Gasteiger partial charge in [-0.2, -0.15) is 10.3 Å². The van der Waals surface area contributed by atoms with Crippen LogP contribution in [-0.2, 0) is 6.61 Å². The number of rotatable bonds is 7. The first-order valence-electron chi connectivity index (χ1n) is 6.05. The Morgan fingerprint density at radius 2 is 2.29 bits per heavy atom. The summed E-state index contributed by atoms with van der Waals surface area (Å²) in [7, 11) is 1.77. The molecule has 0 atom stereocenters. The highest BCUT2D eigenvalue weighted by molar-refractivity contribution is 5.81. The van der Waals surface area contributed by atoms with E-state index in [1.165, 1.54) is 0 Å². The summed E-state index contributed by atoms with van der Waals surface area (Å²) in [5.41, 5.74) is 6.25. The van der Waals surface area contributed by atoms with Crippen LogP contribution in [0.3, 0.4) is 0 Å². The lowest BCUT2D eigenvalue weighted by Gasteiger charge is -2.15. The molecule has 0 unspecified atom stereocenters. The summed E-state index contributed by atoms with van der Waals surface area (Å²) in [6.45, 7) is 0.203. The quantitative estimate of drug-likeness (QED) is 0.229. The number of aromatic nitrogens is 4. The Kier molecular flexibility index (Phi) is 4.75. The van der Waals surface area contributed by atoms with E-state index < -0.39 is 0 Å². The van der Waals surface area contributed by atoms with Crippen LogP contribution in [0.2, 0.25) is 0 Å². The zero-order chi connectivity index (χ0) is 15.1. The van der Waals surface area contributed by atoms with Crippen molar-refractivity contribution in [1.82, 2.24) is 20.6 Å². The molecular formula is C11H16N8O2. The minimum absolute atomic E-state index is 0.0578. The molecular weight excluding hydrogens is 276 g/mol. The van der Waals surface area contributed by atoms with Crippen molar-refractivity contribution in [3.8, 4) is 11.5 Å². The maximum Gasteiger partial charge on any atom is 0.211 e. The van der Waals surface area contributed by atoms with E-state index in [4.69, 9.17) is 21.1 Å².